The van der Waals surface area contributed by atoms with Crippen LogP contribution < -0.4 is 10.1 Å². The van der Waals surface area contributed by atoms with Gasteiger partial charge in [-0.3, -0.25) is 4.98 Å². The first kappa shape index (κ1) is 20.7. The van der Waals surface area contributed by atoms with Crippen LogP contribution in [0.3, 0.4) is 0 Å². The van der Waals surface area contributed by atoms with E-state index in [4.69, 9.17) is 4.74 Å². The van der Waals surface area contributed by atoms with Gasteiger partial charge in [0.25, 0.3) is 0 Å². The largest absolute Gasteiger partial charge is 0.453 e. The van der Waals surface area contributed by atoms with Crippen molar-refractivity contribution in [3.63, 3.8) is 0 Å². The third-order valence-corrected chi connectivity index (χ3v) is 8.16. The van der Waals surface area contributed by atoms with Gasteiger partial charge in [-0.05, 0) is 53.8 Å². The van der Waals surface area contributed by atoms with Crippen LogP contribution in [0.2, 0.25) is 0 Å². The lowest BCUT2D eigenvalue weighted by atomic mass is 10.3. The van der Waals surface area contributed by atoms with Gasteiger partial charge >= 0.3 is 0 Å². The van der Waals surface area contributed by atoms with Gasteiger partial charge in [-0.15, -0.1) is 22.7 Å². The average Bonchev–Trinajstić information content (AvgIpc) is 3.35. The Hall–Kier alpha value is -2.21. The summed E-state index contributed by atoms with van der Waals surface area (Å²) in [6, 6.07) is 15.9. The highest BCUT2D eigenvalue weighted by atomic mass is 127. The van der Waals surface area contributed by atoms with Crippen LogP contribution in [-0.2, 0) is 0 Å². The number of nitrogens with zero attached hydrogens (tertiary/aromatic N) is 3. The molecular formula is C22H15IN4OS3. The van der Waals surface area contributed by atoms with E-state index in [1.54, 1.807) is 34.4 Å². The van der Waals surface area contributed by atoms with E-state index in [1.165, 1.54) is 7.58 Å². The van der Waals surface area contributed by atoms with Gasteiger partial charge in [-0.2, -0.15) is 0 Å². The van der Waals surface area contributed by atoms with E-state index in [1.807, 2.05) is 67.2 Å². The number of halogens is 1. The van der Waals surface area contributed by atoms with Crippen LogP contribution in [0.25, 0.3) is 10.2 Å². The molecule has 5 nitrogen and oxygen atoms in total. The summed E-state index contributed by atoms with van der Waals surface area (Å²) in [4.78, 5) is 15.8. The number of rotatable bonds is 6. The van der Waals surface area contributed by atoms with Gasteiger partial charge in [0.05, 0.1) is 18.8 Å². The first-order valence-electron chi connectivity index (χ1n) is 9.28. The summed E-state index contributed by atoms with van der Waals surface area (Å²) in [5.74, 6) is 2.03. The number of para-hydroxylation sites is 1. The van der Waals surface area contributed by atoms with Crippen LogP contribution in [0.5, 0.6) is 11.5 Å². The number of aryl methyl sites for hydroxylation is 1. The van der Waals surface area contributed by atoms with Gasteiger partial charge in [-0.25, -0.2) is 9.97 Å². The van der Waals surface area contributed by atoms with Gasteiger partial charge in [0.1, 0.15) is 5.75 Å². The van der Waals surface area contributed by atoms with Gasteiger partial charge in [0.15, 0.2) is 16.7 Å². The quantitative estimate of drug-likeness (QED) is 0.209. The molecule has 0 saturated carbocycles. The number of thiophene rings is 1. The summed E-state index contributed by atoms with van der Waals surface area (Å²) in [5, 5.41) is 6.08. The molecule has 0 amide bonds. The number of aromatic nitrogens is 3. The minimum Gasteiger partial charge on any atom is -0.453 e. The third-order valence-electron chi connectivity index (χ3n) is 4.22. The first-order valence-corrected chi connectivity index (χ1v) is 12.9. The summed E-state index contributed by atoms with van der Waals surface area (Å²) in [7, 11) is 0. The van der Waals surface area contributed by atoms with Crippen molar-refractivity contribution in [2.75, 3.05) is 5.32 Å². The molecule has 0 aliphatic carbocycles. The number of pyridine rings is 2. The smallest absolute Gasteiger partial charge is 0.188 e. The summed E-state index contributed by atoms with van der Waals surface area (Å²) in [6.45, 7) is 1.97. The van der Waals surface area contributed by atoms with Gasteiger partial charge in [0, 0.05) is 33.6 Å². The number of ether oxygens (including phenoxy) is 1. The molecule has 0 aliphatic heterocycles. The highest BCUT2D eigenvalue weighted by molar-refractivity contribution is 14.1. The first-order chi connectivity index (χ1) is 15.1. The molecule has 0 radical (unpaired) electrons. The Morgan fingerprint density at radius 2 is 1.97 bits per heavy atom. The topological polar surface area (TPSA) is 59.9 Å². The Bertz CT molecular complexity index is 1350. The molecule has 0 fully saturated rings. The van der Waals surface area contributed by atoms with Crippen LogP contribution in [-0.4, -0.2) is 15.0 Å². The molecule has 154 valence electrons. The summed E-state index contributed by atoms with van der Waals surface area (Å²) >= 11 is 7.28. The maximum atomic E-state index is 6.19. The molecule has 1 aromatic carbocycles. The molecule has 0 spiro atoms. The normalized spacial score (nSPS) is 11.0. The predicted octanol–water partition coefficient (Wildman–Crippen LogP) is 7.75. The molecule has 1 N–H and O–H groups in total. The Kier molecular flexibility index (Phi) is 6.08. The molecule has 0 saturated heterocycles. The third kappa shape index (κ3) is 4.84. The summed E-state index contributed by atoms with van der Waals surface area (Å²) in [6.07, 6.45) is 3.71. The van der Waals surface area contributed by atoms with Crippen LogP contribution in [0.15, 0.2) is 76.1 Å². The zero-order chi connectivity index (χ0) is 21.2. The maximum absolute atomic E-state index is 6.19. The lowest BCUT2D eigenvalue weighted by Crippen LogP contribution is -1.97. The van der Waals surface area contributed by atoms with Crippen LogP contribution in [0, 0.1) is 9.81 Å². The molecule has 5 rings (SSSR count). The SMILES string of the molecule is Cc1csc(Nc2ncc(Sc3ccnc4cc(I)sc34)cc2Oc2ccccc2)n1. The van der Waals surface area contributed by atoms with Crippen LogP contribution in [0.4, 0.5) is 10.9 Å². The van der Waals surface area contributed by atoms with E-state index in [0.717, 1.165) is 31.9 Å². The van der Waals surface area contributed by atoms with E-state index in [2.05, 4.69) is 48.9 Å². The molecule has 4 heterocycles. The van der Waals surface area contributed by atoms with E-state index >= 15 is 0 Å². The van der Waals surface area contributed by atoms with E-state index < -0.39 is 0 Å². The average molecular weight is 574 g/mol. The second kappa shape index (κ2) is 9.11. The highest BCUT2D eigenvalue weighted by Crippen LogP contribution is 2.40. The van der Waals surface area contributed by atoms with Crippen molar-refractivity contribution < 1.29 is 4.74 Å². The standard InChI is InChI=1S/C22H15IN4OS3/c1-13-12-29-22(26-13)27-21-17(28-14-5-3-2-4-6-14)9-15(11-25-21)30-18-7-8-24-16-10-19(23)31-20(16)18/h2-12H,1H3,(H,25,26,27). The second-order valence-electron chi connectivity index (χ2n) is 6.53. The lowest BCUT2D eigenvalue weighted by Gasteiger charge is -2.12. The Morgan fingerprint density at radius 3 is 2.77 bits per heavy atom. The monoisotopic (exact) mass is 574 g/mol. The molecule has 0 bridgehead atoms. The van der Waals surface area contributed by atoms with Crippen molar-refractivity contribution >= 4 is 78.2 Å². The number of thiazole rings is 1. The fourth-order valence-corrected chi connectivity index (χ4v) is 6.37. The van der Waals surface area contributed by atoms with Crippen molar-refractivity contribution in [2.24, 2.45) is 0 Å². The number of hydrogen-bond acceptors (Lipinski definition) is 8. The minimum atomic E-state index is 0.633. The number of hydrogen-bond donors (Lipinski definition) is 1. The second-order valence-corrected chi connectivity index (χ2v) is 11.4. The maximum Gasteiger partial charge on any atom is 0.188 e. The molecule has 0 atom stereocenters. The number of nitrogens with one attached hydrogen (secondary N) is 1. The summed E-state index contributed by atoms with van der Waals surface area (Å²) < 4.78 is 8.59. The molecule has 0 aliphatic rings. The van der Waals surface area contributed by atoms with Crippen LogP contribution >= 0.6 is 57.0 Å². The van der Waals surface area contributed by atoms with Crippen molar-refractivity contribution in [2.45, 2.75) is 16.7 Å². The van der Waals surface area contributed by atoms with Crippen molar-refractivity contribution in [3.05, 3.63) is 74.9 Å². The zero-order valence-corrected chi connectivity index (χ0v) is 20.8. The number of benzene rings is 1. The molecule has 9 heteroatoms. The predicted molar refractivity (Wildman–Crippen MR) is 137 cm³/mol. The number of anilines is 2. The number of fused-ring (bicyclic) bond motifs is 1. The molecular weight excluding hydrogens is 559 g/mol. The van der Waals surface area contributed by atoms with E-state index in [-0.39, 0.29) is 0 Å². The Morgan fingerprint density at radius 1 is 1.10 bits per heavy atom. The lowest BCUT2D eigenvalue weighted by molar-refractivity contribution is 0.481. The fraction of sp³-hybridized carbons (Fsp3) is 0.0455. The zero-order valence-electron chi connectivity index (χ0n) is 16.2. The molecule has 31 heavy (non-hydrogen) atoms. The van der Waals surface area contributed by atoms with E-state index in [0.29, 0.717) is 11.6 Å². The summed E-state index contributed by atoms with van der Waals surface area (Å²) in [5.41, 5.74) is 1.99. The van der Waals surface area contributed by atoms with Crippen molar-refractivity contribution in [1.82, 2.24) is 15.0 Å². The van der Waals surface area contributed by atoms with Gasteiger partial charge in [-0.1, -0.05) is 30.0 Å². The molecule has 5 aromatic rings. The molecule has 0 unspecified atom stereocenters. The highest BCUT2D eigenvalue weighted by Gasteiger charge is 2.13. The molecule has 4 aromatic heterocycles. The van der Waals surface area contributed by atoms with Crippen LogP contribution in [0.1, 0.15) is 5.69 Å². The van der Waals surface area contributed by atoms with Gasteiger partial charge in [0.2, 0.25) is 0 Å². The Labute approximate surface area is 205 Å². The van der Waals surface area contributed by atoms with Crippen molar-refractivity contribution in [3.8, 4) is 11.5 Å². The fourth-order valence-electron chi connectivity index (χ4n) is 2.88. The van der Waals surface area contributed by atoms with Crippen molar-refractivity contribution in [1.29, 1.82) is 0 Å². The minimum absolute atomic E-state index is 0.633. The van der Waals surface area contributed by atoms with Gasteiger partial charge < -0.3 is 10.1 Å². The Balaban J connectivity index is 1.50. The van der Waals surface area contributed by atoms with E-state index in [9.17, 15) is 0 Å².